The van der Waals surface area contributed by atoms with Crippen LogP contribution in [0, 0.1) is 20.8 Å². The van der Waals surface area contributed by atoms with E-state index in [4.69, 9.17) is 0 Å². The summed E-state index contributed by atoms with van der Waals surface area (Å²) >= 11 is 0. The lowest BCUT2D eigenvalue weighted by atomic mass is 9.89. The van der Waals surface area contributed by atoms with Crippen molar-refractivity contribution in [2.24, 2.45) is 0 Å². The van der Waals surface area contributed by atoms with Crippen molar-refractivity contribution in [3.8, 4) is 0 Å². The predicted octanol–water partition coefficient (Wildman–Crippen LogP) is 6.14. The van der Waals surface area contributed by atoms with Crippen LogP contribution >= 0.6 is 0 Å². The van der Waals surface area contributed by atoms with Gasteiger partial charge in [-0.2, -0.15) is 0 Å². The summed E-state index contributed by atoms with van der Waals surface area (Å²) in [6, 6.07) is 21.4. The number of rotatable bonds is 6. The van der Waals surface area contributed by atoms with Crippen LogP contribution in [0.4, 0.5) is 5.69 Å². The molecule has 0 atom stereocenters. The first kappa shape index (κ1) is 22.9. The first-order valence-electron chi connectivity index (χ1n) is 11.0. The van der Waals surface area contributed by atoms with Crippen molar-refractivity contribution < 1.29 is 19.5 Å². The fraction of sp³-hybridized carbons (Fsp3) is 0.138. The van der Waals surface area contributed by atoms with Gasteiger partial charge < -0.3 is 10.4 Å². The third kappa shape index (κ3) is 4.59. The van der Waals surface area contributed by atoms with Crippen molar-refractivity contribution >= 4 is 34.1 Å². The topological polar surface area (TPSA) is 83.5 Å². The molecule has 0 radical (unpaired) electrons. The van der Waals surface area contributed by atoms with Crippen LogP contribution in [-0.4, -0.2) is 22.8 Å². The van der Waals surface area contributed by atoms with Gasteiger partial charge >= 0.3 is 5.97 Å². The van der Waals surface area contributed by atoms with E-state index in [0.717, 1.165) is 22.3 Å². The molecule has 5 heteroatoms. The van der Waals surface area contributed by atoms with Gasteiger partial charge in [-0.15, -0.1) is 0 Å². The Morgan fingerprint density at radius 3 is 2.06 bits per heavy atom. The van der Waals surface area contributed by atoms with Gasteiger partial charge in [0.1, 0.15) is 0 Å². The van der Waals surface area contributed by atoms with Gasteiger partial charge in [0, 0.05) is 28.6 Å². The Morgan fingerprint density at radius 1 is 0.735 bits per heavy atom. The van der Waals surface area contributed by atoms with Crippen LogP contribution in [0.2, 0.25) is 0 Å². The van der Waals surface area contributed by atoms with E-state index in [1.54, 1.807) is 18.2 Å². The molecule has 4 aromatic carbocycles. The number of hydrogen-bond acceptors (Lipinski definition) is 3. The monoisotopic (exact) mass is 451 g/mol. The molecule has 0 saturated heterocycles. The second-order valence-corrected chi connectivity index (χ2v) is 8.56. The molecule has 4 aromatic rings. The number of carboxylic acid groups (broad SMARTS) is 1. The fourth-order valence-electron chi connectivity index (χ4n) is 4.29. The number of carboxylic acids is 1. The molecule has 0 aromatic heterocycles. The van der Waals surface area contributed by atoms with Gasteiger partial charge in [-0.1, -0.05) is 54.1 Å². The van der Waals surface area contributed by atoms with Crippen LogP contribution in [-0.2, 0) is 6.42 Å². The lowest BCUT2D eigenvalue weighted by molar-refractivity contribution is 0.0698. The molecule has 0 aliphatic rings. The van der Waals surface area contributed by atoms with Crippen molar-refractivity contribution in [2.75, 3.05) is 5.32 Å². The van der Waals surface area contributed by atoms with Crippen molar-refractivity contribution in [2.45, 2.75) is 27.2 Å². The summed E-state index contributed by atoms with van der Waals surface area (Å²) in [5.74, 6) is -1.71. The Kier molecular flexibility index (Phi) is 6.28. The normalized spacial score (nSPS) is 10.8. The minimum atomic E-state index is -1.15. The zero-order valence-electron chi connectivity index (χ0n) is 19.3. The summed E-state index contributed by atoms with van der Waals surface area (Å²) < 4.78 is 0. The standard InChI is InChI=1S/C29H25NO4/c1-17-6-4-8-20(14-17)16-25(31)22-11-10-19(3)26-23(12-13-24(27(22)26)29(33)34)28(32)30-21-9-5-7-18(2)15-21/h4-15H,16H2,1-3H3,(H,30,32)(H,33,34). The van der Waals surface area contributed by atoms with E-state index in [2.05, 4.69) is 5.32 Å². The van der Waals surface area contributed by atoms with E-state index in [0.29, 0.717) is 27.6 Å². The quantitative estimate of drug-likeness (QED) is 0.345. The zero-order chi connectivity index (χ0) is 24.4. The summed E-state index contributed by atoms with van der Waals surface area (Å²) in [7, 11) is 0. The fourth-order valence-corrected chi connectivity index (χ4v) is 4.29. The highest BCUT2D eigenvalue weighted by Gasteiger charge is 2.23. The number of benzene rings is 4. The van der Waals surface area contributed by atoms with Gasteiger partial charge in [-0.05, 0) is 67.1 Å². The van der Waals surface area contributed by atoms with E-state index in [-0.39, 0.29) is 23.7 Å². The largest absolute Gasteiger partial charge is 0.478 e. The molecule has 2 N–H and O–H groups in total. The number of aryl methyl sites for hydroxylation is 3. The van der Waals surface area contributed by atoms with E-state index in [9.17, 15) is 19.5 Å². The molecule has 4 rings (SSSR count). The third-order valence-electron chi connectivity index (χ3n) is 5.87. The molecule has 0 aliphatic heterocycles. The Hall–Kier alpha value is -4.25. The van der Waals surface area contributed by atoms with Crippen LogP contribution in [0.15, 0.2) is 72.8 Å². The number of aromatic carboxylic acids is 1. The molecule has 0 fully saturated rings. The van der Waals surface area contributed by atoms with Crippen LogP contribution in [0.25, 0.3) is 10.8 Å². The molecule has 0 saturated carbocycles. The Labute approximate surface area is 198 Å². The summed E-state index contributed by atoms with van der Waals surface area (Å²) in [6.45, 7) is 5.70. The zero-order valence-corrected chi connectivity index (χ0v) is 19.3. The molecule has 0 heterocycles. The number of anilines is 1. The summed E-state index contributed by atoms with van der Waals surface area (Å²) in [5, 5.41) is 13.5. The number of fused-ring (bicyclic) bond motifs is 1. The molecule has 0 spiro atoms. The van der Waals surface area contributed by atoms with Crippen molar-refractivity contribution in [3.05, 3.63) is 112 Å². The predicted molar refractivity (Wildman–Crippen MR) is 134 cm³/mol. The van der Waals surface area contributed by atoms with Gasteiger partial charge in [0.2, 0.25) is 0 Å². The van der Waals surface area contributed by atoms with Crippen molar-refractivity contribution in [1.29, 1.82) is 0 Å². The summed E-state index contributed by atoms with van der Waals surface area (Å²) in [6.07, 6.45) is 0.138. The van der Waals surface area contributed by atoms with Crippen molar-refractivity contribution in [3.63, 3.8) is 0 Å². The Morgan fingerprint density at radius 2 is 1.38 bits per heavy atom. The van der Waals surface area contributed by atoms with Gasteiger partial charge in [0.25, 0.3) is 5.91 Å². The minimum absolute atomic E-state index is 0.00148. The maximum atomic E-state index is 13.3. The maximum absolute atomic E-state index is 13.3. The lowest BCUT2D eigenvalue weighted by Crippen LogP contribution is -2.15. The van der Waals surface area contributed by atoms with Gasteiger partial charge in [0.05, 0.1) is 5.56 Å². The van der Waals surface area contributed by atoms with Crippen LogP contribution < -0.4 is 5.32 Å². The number of amides is 1. The first-order valence-corrected chi connectivity index (χ1v) is 11.0. The van der Waals surface area contributed by atoms with Crippen LogP contribution in [0.1, 0.15) is 53.3 Å². The van der Waals surface area contributed by atoms with Crippen LogP contribution in [0.5, 0.6) is 0 Å². The van der Waals surface area contributed by atoms with E-state index < -0.39 is 5.97 Å². The van der Waals surface area contributed by atoms with E-state index in [1.807, 2.05) is 63.2 Å². The second-order valence-electron chi connectivity index (χ2n) is 8.56. The maximum Gasteiger partial charge on any atom is 0.336 e. The molecular weight excluding hydrogens is 426 g/mol. The van der Waals surface area contributed by atoms with Crippen molar-refractivity contribution in [1.82, 2.24) is 0 Å². The van der Waals surface area contributed by atoms with Gasteiger partial charge in [-0.3, -0.25) is 9.59 Å². The average molecular weight is 452 g/mol. The lowest BCUT2D eigenvalue weighted by Gasteiger charge is -2.15. The second kappa shape index (κ2) is 9.32. The number of hydrogen-bond donors (Lipinski definition) is 2. The molecule has 0 bridgehead atoms. The van der Waals surface area contributed by atoms with Gasteiger partial charge in [-0.25, -0.2) is 4.79 Å². The summed E-state index contributed by atoms with van der Waals surface area (Å²) in [5.41, 5.74) is 4.88. The van der Waals surface area contributed by atoms with E-state index >= 15 is 0 Å². The number of Topliss-reactive ketones (excluding diaryl/α,β-unsaturated/α-hetero) is 1. The molecule has 34 heavy (non-hydrogen) atoms. The average Bonchev–Trinajstić information content (AvgIpc) is 2.78. The molecule has 170 valence electrons. The smallest absolute Gasteiger partial charge is 0.336 e. The number of nitrogens with one attached hydrogen (secondary N) is 1. The van der Waals surface area contributed by atoms with Gasteiger partial charge in [0.15, 0.2) is 5.78 Å². The molecule has 5 nitrogen and oxygen atoms in total. The number of ketones is 1. The van der Waals surface area contributed by atoms with Crippen LogP contribution in [0.3, 0.4) is 0 Å². The summed E-state index contributed by atoms with van der Waals surface area (Å²) in [4.78, 5) is 38.7. The Bertz CT molecular complexity index is 1450. The highest BCUT2D eigenvalue weighted by molar-refractivity contribution is 6.22. The number of carbonyl (C=O) groups is 3. The highest BCUT2D eigenvalue weighted by Crippen LogP contribution is 2.31. The highest BCUT2D eigenvalue weighted by atomic mass is 16.4. The number of carbonyl (C=O) groups excluding carboxylic acids is 2. The first-order chi connectivity index (χ1) is 16.2. The molecule has 0 aliphatic carbocycles. The molecule has 1 amide bonds. The molecular formula is C29H25NO4. The third-order valence-corrected chi connectivity index (χ3v) is 5.87. The van der Waals surface area contributed by atoms with E-state index in [1.165, 1.54) is 12.1 Å². The molecule has 0 unspecified atom stereocenters. The SMILES string of the molecule is Cc1cccc(CC(=O)c2ccc(C)c3c(C(=O)Nc4cccc(C)c4)ccc(C(=O)O)c23)c1. The minimum Gasteiger partial charge on any atom is -0.478 e. The Balaban J connectivity index is 1.85.